The fraction of sp³-hybridized carbons (Fsp3) is 0.500. The van der Waals surface area contributed by atoms with Crippen molar-refractivity contribution in [3.8, 4) is 0 Å². The van der Waals surface area contributed by atoms with Crippen molar-refractivity contribution in [3.05, 3.63) is 35.9 Å². The molecule has 1 unspecified atom stereocenters. The quantitative estimate of drug-likeness (QED) is 0.687. The van der Waals surface area contributed by atoms with Crippen LogP contribution in [0, 0.1) is 5.92 Å². The molecule has 114 valence electrons. The van der Waals surface area contributed by atoms with Gasteiger partial charge in [0.1, 0.15) is 19.0 Å². The van der Waals surface area contributed by atoms with Crippen LogP contribution in [0.5, 0.6) is 0 Å². The van der Waals surface area contributed by atoms with Gasteiger partial charge in [0.25, 0.3) is 0 Å². The zero-order valence-corrected chi connectivity index (χ0v) is 12.5. The summed E-state index contributed by atoms with van der Waals surface area (Å²) in [6, 6.07) is 9.55. The number of rotatable bonds is 3. The number of quaternary nitrogens is 1. The molecule has 1 fully saturated rings. The molecule has 1 aliphatic rings. The SMILES string of the molecule is COC(=O)[C@@H]1CC[C@H](C)[N+](Cc2ccccc2)(C(=O)O)C1. The normalized spacial score (nSPS) is 28.9. The second-order valence-corrected chi connectivity index (χ2v) is 5.79. The molecule has 2 rings (SSSR count). The van der Waals surface area contributed by atoms with Gasteiger partial charge in [0.2, 0.25) is 0 Å². The molecule has 0 spiro atoms. The number of carbonyl (C=O) groups is 2. The van der Waals surface area contributed by atoms with Crippen LogP contribution in [-0.4, -0.2) is 41.3 Å². The predicted octanol–water partition coefficient (Wildman–Crippen LogP) is 2.65. The number of nitrogens with zero attached hydrogens (tertiary/aromatic N) is 1. The molecule has 5 heteroatoms. The summed E-state index contributed by atoms with van der Waals surface area (Å²) in [5, 5.41) is 9.81. The summed E-state index contributed by atoms with van der Waals surface area (Å²) in [5.74, 6) is -0.648. The first-order valence-corrected chi connectivity index (χ1v) is 7.21. The molecule has 0 aliphatic carbocycles. The van der Waals surface area contributed by atoms with Gasteiger partial charge < -0.3 is 9.84 Å². The maximum Gasteiger partial charge on any atom is 0.514 e. The number of likely N-dealkylation sites (tertiary alicyclic amines) is 1. The number of methoxy groups -OCH3 is 1. The number of esters is 1. The highest BCUT2D eigenvalue weighted by Gasteiger charge is 2.49. The van der Waals surface area contributed by atoms with E-state index in [0.717, 1.165) is 5.56 Å². The van der Waals surface area contributed by atoms with Gasteiger partial charge in [0.15, 0.2) is 0 Å². The molecule has 1 aromatic carbocycles. The van der Waals surface area contributed by atoms with Crippen LogP contribution in [-0.2, 0) is 16.1 Å². The summed E-state index contributed by atoms with van der Waals surface area (Å²) >= 11 is 0. The largest absolute Gasteiger partial charge is 0.514 e. The maximum absolute atomic E-state index is 12.0. The first-order valence-electron chi connectivity index (χ1n) is 7.21. The van der Waals surface area contributed by atoms with Gasteiger partial charge in [-0.05, 0) is 13.3 Å². The summed E-state index contributed by atoms with van der Waals surface area (Å²) < 4.78 is 4.70. The lowest BCUT2D eigenvalue weighted by Gasteiger charge is -2.43. The zero-order valence-electron chi connectivity index (χ0n) is 12.5. The molecule has 5 nitrogen and oxygen atoms in total. The first kappa shape index (κ1) is 15.5. The highest BCUT2D eigenvalue weighted by molar-refractivity contribution is 5.73. The number of amides is 1. The van der Waals surface area contributed by atoms with Crippen molar-refractivity contribution in [2.24, 2.45) is 5.92 Å². The van der Waals surface area contributed by atoms with Crippen molar-refractivity contribution in [1.29, 1.82) is 0 Å². The molecule has 1 aromatic rings. The third kappa shape index (κ3) is 3.08. The van der Waals surface area contributed by atoms with Crippen molar-refractivity contribution >= 4 is 12.1 Å². The van der Waals surface area contributed by atoms with Crippen molar-refractivity contribution < 1.29 is 23.9 Å². The summed E-state index contributed by atoms with van der Waals surface area (Å²) in [4.78, 5) is 23.8. The molecule has 0 aromatic heterocycles. The van der Waals surface area contributed by atoms with Gasteiger partial charge in [0.05, 0.1) is 13.2 Å². The van der Waals surface area contributed by atoms with E-state index in [4.69, 9.17) is 4.74 Å². The molecule has 0 saturated carbocycles. The molecule has 1 N–H and O–H groups in total. The van der Waals surface area contributed by atoms with Crippen molar-refractivity contribution in [3.63, 3.8) is 0 Å². The minimum absolute atomic E-state index is 0.0244. The van der Waals surface area contributed by atoms with E-state index in [1.807, 2.05) is 37.3 Å². The topological polar surface area (TPSA) is 63.6 Å². The number of hydrogen-bond acceptors (Lipinski definition) is 3. The zero-order chi connectivity index (χ0) is 15.5. The fourth-order valence-electron chi connectivity index (χ4n) is 3.18. The van der Waals surface area contributed by atoms with E-state index in [2.05, 4.69) is 0 Å². The highest BCUT2D eigenvalue weighted by Crippen LogP contribution is 2.32. The van der Waals surface area contributed by atoms with E-state index in [1.54, 1.807) is 0 Å². The van der Waals surface area contributed by atoms with Crippen molar-refractivity contribution in [2.75, 3.05) is 13.7 Å². The van der Waals surface area contributed by atoms with Crippen LogP contribution in [0.15, 0.2) is 30.3 Å². The first-order chi connectivity index (χ1) is 9.99. The van der Waals surface area contributed by atoms with Crippen LogP contribution in [0.1, 0.15) is 25.3 Å². The lowest BCUT2D eigenvalue weighted by Crippen LogP contribution is -2.62. The summed E-state index contributed by atoms with van der Waals surface area (Å²) in [5.41, 5.74) is 0.970. The fourth-order valence-corrected chi connectivity index (χ4v) is 3.18. The van der Waals surface area contributed by atoms with Gasteiger partial charge in [-0.1, -0.05) is 30.3 Å². The average Bonchev–Trinajstić information content (AvgIpc) is 2.49. The Balaban J connectivity index is 2.30. The summed E-state index contributed by atoms with van der Waals surface area (Å²) in [7, 11) is 1.35. The van der Waals surface area contributed by atoms with Gasteiger partial charge in [-0.25, -0.2) is 4.48 Å². The van der Waals surface area contributed by atoms with Crippen molar-refractivity contribution in [1.82, 2.24) is 0 Å². The Labute approximate surface area is 124 Å². The Bertz CT molecular complexity index is 516. The molecule has 1 aliphatic heterocycles. The maximum atomic E-state index is 12.0. The number of hydrogen-bond donors (Lipinski definition) is 1. The molecule has 3 atom stereocenters. The van der Waals surface area contributed by atoms with E-state index < -0.39 is 6.09 Å². The van der Waals surface area contributed by atoms with Crippen LogP contribution in [0.2, 0.25) is 0 Å². The number of carbonyl (C=O) groups excluding carboxylic acids is 1. The number of benzene rings is 1. The van der Waals surface area contributed by atoms with Gasteiger partial charge in [-0.2, -0.15) is 4.79 Å². The van der Waals surface area contributed by atoms with Crippen LogP contribution in [0.3, 0.4) is 0 Å². The number of carboxylic acid groups (broad SMARTS) is 1. The summed E-state index contributed by atoms with van der Waals surface area (Å²) in [6.07, 6.45) is 0.523. The van der Waals surface area contributed by atoms with E-state index in [0.29, 0.717) is 19.4 Å². The molecule has 0 radical (unpaired) electrons. The lowest BCUT2D eigenvalue weighted by molar-refractivity contribution is -0.901. The molecule has 1 heterocycles. The predicted molar refractivity (Wildman–Crippen MR) is 77.5 cm³/mol. The molecule has 21 heavy (non-hydrogen) atoms. The minimum atomic E-state index is -0.875. The van der Waals surface area contributed by atoms with Gasteiger partial charge in [-0.15, -0.1) is 0 Å². The Morgan fingerprint density at radius 1 is 1.29 bits per heavy atom. The second kappa shape index (κ2) is 6.26. The Kier molecular flexibility index (Phi) is 4.63. The minimum Gasteiger partial charge on any atom is -0.469 e. The van der Waals surface area contributed by atoms with Crippen LogP contribution >= 0.6 is 0 Å². The molecular weight excluding hydrogens is 270 g/mol. The molecule has 0 bridgehead atoms. The van der Waals surface area contributed by atoms with Crippen LogP contribution in [0.25, 0.3) is 0 Å². The smallest absolute Gasteiger partial charge is 0.469 e. The van der Waals surface area contributed by atoms with Crippen molar-refractivity contribution in [2.45, 2.75) is 32.4 Å². The number of piperidine rings is 1. The third-order valence-corrected chi connectivity index (χ3v) is 4.55. The van der Waals surface area contributed by atoms with E-state index >= 15 is 0 Å². The van der Waals surface area contributed by atoms with Gasteiger partial charge in [-0.3, -0.25) is 4.79 Å². The Morgan fingerprint density at radius 2 is 1.95 bits per heavy atom. The van der Waals surface area contributed by atoms with E-state index in [-0.39, 0.29) is 29.0 Å². The lowest BCUT2D eigenvalue weighted by atomic mass is 9.90. The standard InChI is InChI=1S/C16H21NO4/c1-12-8-9-14(15(18)21-2)11-17(12,16(19)20)10-13-6-4-3-5-7-13/h3-7,12,14H,8-11H2,1-2H3/p+1/t12-,14+,17?/m0/s1. The second-order valence-electron chi connectivity index (χ2n) is 5.79. The van der Waals surface area contributed by atoms with Crippen LogP contribution < -0.4 is 0 Å². The molecule has 1 saturated heterocycles. The van der Waals surface area contributed by atoms with Gasteiger partial charge in [0, 0.05) is 12.0 Å². The number of ether oxygens (including phenoxy) is 1. The average molecular weight is 292 g/mol. The monoisotopic (exact) mass is 292 g/mol. The van der Waals surface area contributed by atoms with Crippen LogP contribution in [0.4, 0.5) is 4.79 Å². The molecule has 1 amide bonds. The van der Waals surface area contributed by atoms with Gasteiger partial charge >= 0.3 is 12.1 Å². The third-order valence-electron chi connectivity index (χ3n) is 4.55. The Hall–Kier alpha value is -1.88. The Morgan fingerprint density at radius 3 is 2.52 bits per heavy atom. The molecular formula is C16H22NO4+. The van der Waals surface area contributed by atoms with E-state index in [1.165, 1.54) is 7.11 Å². The summed E-state index contributed by atoms with van der Waals surface area (Å²) in [6.45, 7) is 2.63. The van der Waals surface area contributed by atoms with E-state index in [9.17, 15) is 14.7 Å². The highest BCUT2D eigenvalue weighted by atomic mass is 16.5.